The highest BCUT2D eigenvalue weighted by molar-refractivity contribution is 7.92. The van der Waals surface area contributed by atoms with E-state index in [9.17, 15) is 13.5 Å². The highest BCUT2D eigenvalue weighted by Crippen LogP contribution is 2.43. The normalized spacial score (nSPS) is 18.7. The zero-order chi connectivity index (χ0) is 39.7. The van der Waals surface area contributed by atoms with E-state index >= 15 is 0 Å². The van der Waals surface area contributed by atoms with Gasteiger partial charge in [0.15, 0.2) is 18.2 Å². The topological polar surface area (TPSA) is 82.1 Å². The minimum atomic E-state index is -4.16. The van der Waals surface area contributed by atoms with Crippen LogP contribution in [0.15, 0.2) is 126 Å². The molecule has 1 heterocycles. The maximum Gasteiger partial charge on any atom is 0.261 e. The van der Waals surface area contributed by atoms with Crippen LogP contribution in [-0.4, -0.2) is 59.8 Å². The third kappa shape index (κ3) is 9.74. The third-order valence-corrected chi connectivity index (χ3v) is 23.3. The minimum absolute atomic E-state index is 0.00963. The number of rotatable bonds is 19. The van der Waals surface area contributed by atoms with E-state index in [4.69, 9.17) is 13.6 Å². The summed E-state index contributed by atoms with van der Waals surface area (Å²) < 4.78 is 51.2. The smallest absolute Gasteiger partial charge is 0.261 e. The second-order valence-corrected chi connectivity index (χ2v) is 27.0. The van der Waals surface area contributed by atoms with Crippen molar-refractivity contribution in [3.05, 3.63) is 127 Å². The van der Waals surface area contributed by atoms with Gasteiger partial charge in [-0.25, -0.2) is 8.42 Å². The number of hydrogen-bond acceptors (Lipinski definition) is 6. The lowest BCUT2D eigenvalue weighted by Crippen LogP contribution is -2.70. The van der Waals surface area contributed by atoms with Crippen molar-refractivity contribution < 1.29 is 27.1 Å². The summed E-state index contributed by atoms with van der Waals surface area (Å²) in [5.41, 5.74) is 5.02. The quantitative estimate of drug-likeness (QED) is 0.0741. The first-order valence-electron chi connectivity index (χ1n) is 19.6. The Morgan fingerprint density at radius 3 is 1.83 bits per heavy atom. The molecule has 54 heavy (non-hydrogen) atoms. The SMILES string of the molecule is C=C=C(C)C[C@H](CC[C@@H]1O[C@@H](C(O[Si](c2ccccc2)(c2ccccc2)C(C)(C)C)C([C](C)O)S(=O)(=O)c2ccccc2)CC1=C)O[Si](CC)(CC)CC. The molecule has 1 saturated heterocycles. The van der Waals surface area contributed by atoms with Gasteiger partial charge in [-0.3, -0.25) is 0 Å². The molecular weight excluding hydrogens is 725 g/mol. The van der Waals surface area contributed by atoms with Crippen LogP contribution in [0.1, 0.15) is 81.1 Å². The van der Waals surface area contributed by atoms with E-state index in [0.717, 1.165) is 52.5 Å². The standard InChI is InChI=1S/C45H63O6SSi2/c1-11-34(5)32-37(50-53(12-2,13-3)14-4)30-31-41-35(6)33-42(49-41)43(44(36(7)46)52(47,48)38-24-18-15-19-25-38)51-54(45(8,9)10,39-26-20-16-21-27-39)40-28-22-17-23-29-40/h15-29,37,41-44,46H,1,6,12-14,30-33H2,2-5,7-10H3/t37-,41-,42+,43?,44?/m0/s1. The fourth-order valence-electron chi connectivity index (χ4n) is 8.14. The third-order valence-electron chi connectivity index (χ3n) is 11.4. The molecular formula is C45H63O6SSi2. The molecule has 6 nitrogen and oxygen atoms in total. The van der Waals surface area contributed by atoms with Gasteiger partial charge in [0.05, 0.1) is 23.2 Å². The first kappa shape index (κ1) is 43.9. The van der Waals surface area contributed by atoms with Gasteiger partial charge in [0, 0.05) is 12.5 Å². The maximum atomic E-state index is 14.8. The Balaban J connectivity index is 1.83. The van der Waals surface area contributed by atoms with Crippen molar-refractivity contribution in [3.8, 4) is 0 Å². The number of aliphatic hydroxyl groups excluding tert-OH is 1. The van der Waals surface area contributed by atoms with Crippen LogP contribution >= 0.6 is 0 Å². The largest absolute Gasteiger partial charge is 0.414 e. The predicted octanol–water partition coefficient (Wildman–Crippen LogP) is 9.70. The van der Waals surface area contributed by atoms with Crippen molar-refractivity contribution in [1.29, 1.82) is 0 Å². The molecule has 1 N–H and O–H groups in total. The molecule has 293 valence electrons. The predicted molar refractivity (Wildman–Crippen MR) is 227 cm³/mol. The number of ether oxygens (including phenoxy) is 1. The summed E-state index contributed by atoms with van der Waals surface area (Å²) >= 11 is 0. The van der Waals surface area contributed by atoms with E-state index in [1.807, 2.05) is 43.3 Å². The second-order valence-electron chi connectivity index (χ2n) is 15.9. The molecule has 5 atom stereocenters. The van der Waals surface area contributed by atoms with Crippen molar-refractivity contribution in [2.45, 2.75) is 139 Å². The molecule has 3 aromatic rings. The Hall–Kier alpha value is -2.86. The summed E-state index contributed by atoms with van der Waals surface area (Å²) in [4.78, 5) is 0.119. The first-order valence-corrected chi connectivity index (χ1v) is 25.5. The van der Waals surface area contributed by atoms with Gasteiger partial charge in [-0.15, -0.1) is 5.73 Å². The lowest BCUT2D eigenvalue weighted by atomic mass is 9.98. The zero-order valence-corrected chi connectivity index (χ0v) is 36.6. The molecule has 1 aliphatic rings. The average molecular weight is 788 g/mol. The van der Waals surface area contributed by atoms with E-state index in [2.05, 4.69) is 84.7 Å². The molecule has 0 aliphatic carbocycles. The molecule has 0 spiro atoms. The summed E-state index contributed by atoms with van der Waals surface area (Å²) in [6, 6.07) is 31.8. The summed E-state index contributed by atoms with van der Waals surface area (Å²) in [5, 5.41) is 11.7. The molecule has 4 rings (SSSR count). The molecule has 0 bridgehead atoms. The van der Waals surface area contributed by atoms with E-state index in [0.29, 0.717) is 12.8 Å². The van der Waals surface area contributed by atoms with Crippen molar-refractivity contribution in [2.24, 2.45) is 0 Å². The van der Waals surface area contributed by atoms with Crippen molar-refractivity contribution >= 4 is 36.8 Å². The van der Waals surface area contributed by atoms with Gasteiger partial charge in [-0.2, -0.15) is 0 Å². The van der Waals surface area contributed by atoms with E-state index < -0.39 is 49.0 Å². The Bertz CT molecular complexity index is 1750. The van der Waals surface area contributed by atoms with Gasteiger partial charge in [0.1, 0.15) is 11.4 Å². The Morgan fingerprint density at radius 1 is 0.889 bits per heavy atom. The Labute approximate surface area is 328 Å². The van der Waals surface area contributed by atoms with Crippen LogP contribution < -0.4 is 10.4 Å². The highest BCUT2D eigenvalue weighted by atomic mass is 32.2. The van der Waals surface area contributed by atoms with Crippen LogP contribution in [0.3, 0.4) is 0 Å². The van der Waals surface area contributed by atoms with Gasteiger partial charge < -0.3 is 18.7 Å². The van der Waals surface area contributed by atoms with E-state index in [-0.39, 0.29) is 23.2 Å². The van der Waals surface area contributed by atoms with Gasteiger partial charge in [-0.05, 0) is 89.9 Å². The molecule has 0 saturated carbocycles. The summed E-state index contributed by atoms with van der Waals surface area (Å²) in [6.45, 7) is 25.1. The lowest BCUT2D eigenvalue weighted by Gasteiger charge is -2.47. The Kier molecular flexibility index (Phi) is 15.3. The van der Waals surface area contributed by atoms with E-state index in [1.54, 1.807) is 30.3 Å². The van der Waals surface area contributed by atoms with Crippen molar-refractivity contribution in [3.63, 3.8) is 0 Å². The monoisotopic (exact) mass is 787 g/mol. The average Bonchev–Trinajstić information content (AvgIpc) is 3.54. The van der Waals surface area contributed by atoms with Crippen LogP contribution in [-0.2, 0) is 23.4 Å². The molecule has 0 amide bonds. The first-order chi connectivity index (χ1) is 25.6. The Morgan fingerprint density at radius 2 is 1.39 bits per heavy atom. The summed E-state index contributed by atoms with van der Waals surface area (Å²) in [6.07, 6.45) is 0.221. The van der Waals surface area contributed by atoms with E-state index in [1.165, 1.54) is 6.92 Å². The van der Waals surface area contributed by atoms with Crippen LogP contribution in [0.2, 0.25) is 23.2 Å². The molecule has 1 fully saturated rings. The van der Waals surface area contributed by atoms with Gasteiger partial charge in [-0.1, -0.05) is 134 Å². The second kappa shape index (κ2) is 18.9. The number of benzene rings is 3. The van der Waals surface area contributed by atoms with Crippen LogP contribution in [0.4, 0.5) is 0 Å². The summed E-state index contributed by atoms with van der Waals surface area (Å²) in [7, 11) is -9.41. The van der Waals surface area contributed by atoms with Crippen molar-refractivity contribution in [2.75, 3.05) is 0 Å². The molecule has 1 aliphatic heterocycles. The fourth-order valence-corrected chi connectivity index (χ4v) is 17.7. The lowest BCUT2D eigenvalue weighted by molar-refractivity contribution is -0.0339. The van der Waals surface area contributed by atoms with Crippen LogP contribution in [0.25, 0.3) is 0 Å². The number of aliphatic hydroxyl groups is 1. The molecule has 0 aromatic heterocycles. The summed E-state index contributed by atoms with van der Waals surface area (Å²) in [5.74, 6) is 0. The fraction of sp³-hybridized carbons (Fsp3) is 0.467. The maximum absolute atomic E-state index is 14.8. The molecule has 1 radical (unpaired) electrons. The van der Waals surface area contributed by atoms with Crippen LogP contribution in [0, 0.1) is 6.10 Å². The van der Waals surface area contributed by atoms with Gasteiger partial charge in [0.2, 0.25) is 0 Å². The van der Waals surface area contributed by atoms with Gasteiger partial charge in [0.25, 0.3) is 8.32 Å². The molecule has 3 aromatic carbocycles. The minimum Gasteiger partial charge on any atom is -0.414 e. The molecule has 2 unspecified atom stereocenters. The van der Waals surface area contributed by atoms with Gasteiger partial charge >= 0.3 is 0 Å². The highest BCUT2D eigenvalue weighted by Gasteiger charge is 2.56. The number of sulfone groups is 1. The zero-order valence-electron chi connectivity index (χ0n) is 33.8. The van der Waals surface area contributed by atoms with Crippen molar-refractivity contribution in [1.82, 2.24) is 0 Å². The number of hydrogen-bond donors (Lipinski definition) is 1. The van der Waals surface area contributed by atoms with Crippen LogP contribution in [0.5, 0.6) is 0 Å². The molecule has 9 heteroatoms.